The molecule has 4 rings (SSSR count). The van der Waals surface area contributed by atoms with Crippen molar-refractivity contribution in [2.75, 3.05) is 0 Å². The van der Waals surface area contributed by atoms with E-state index in [4.69, 9.17) is 9.47 Å². The fraction of sp³-hybridized carbons (Fsp3) is 0.870. The number of aliphatic hydroxyl groups excluding tert-OH is 1. The Balaban J connectivity index is 1.72. The van der Waals surface area contributed by atoms with Crippen LogP contribution in [0.1, 0.15) is 79.1 Å². The fourth-order valence-electron chi connectivity index (χ4n) is 7.81. The van der Waals surface area contributed by atoms with Gasteiger partial charge in [-0.2, -0.15) is 0 Å². The SMILES string of the molecule is CC(=O)O[C@@H]1CC[C@]2(C)[C@H]3CC[C@]4(C)C(=O)CC[C@H]4[C@@H]3C[C@@H](O)[C@@]2(OC(C)=O)C1. The molecule has 0 unspecified atom stereocenters. The maximum Gasteiger partial charge on any atom is 0.303 e. The lowest BCUT2D eigenvalue weighted by molar-refractivity contribution is -0.273. The number of aliphatic hydroxyl groups is 1. The van der Waals surface area contributed by atoms with Gasteiger partial charge in [-0.3, -0.25) is 14.4 Å². The second-order valence-electron chi connectivity index (χ2n) is 10.4. The van der Waals surface area contributed by atoms with Crippen molar-refractivity contribution in [1.82, 2.24) is 0 Å². The summed E-state index contributed by atoms with van der Waals surface area (Å²) in [5.74, 6) is 0.450. The van der Waals surface area contributed by atoms with Crippen LogP contribution in [0.3, 0.4) is 0 Å². The van der Waals surface area contributed by atoms with Gasteiger partial charge < -0.3 is 14.6 Å². The fourth-order valence-corrected chi connectivity index (χ4v) is 7.81. The summed E-state index contributed by atoms with van der Waals surface area (Å²) < 4.78 is 11.5. The third-order valence-corrected chi connectivity index (χ3v) is 9.14. The van der Waals surface area contributed by atoms with E-state index in [0.717, 1.165) is 25.7 Å². The molecule has 0 radical (unpaired) electrons. The van der Waals surface area contributed by atoms with Crippen LogP contribution in [0.2, 0.25) is 0 Å². The first-order chi connectivity index (χ1) is 13.5. The molecule has 0 aromatic rings. The largest absolute Gasteiger partial charge is 0.462 e. The van der Waals surface area contributed by atoms with Crippen LogP contribution in [0.25, 0.3) is 0 Å². The molecule has 6 heteroatoms. The normalized spacial score (nSPS) is 48.9. The number of carbonyl (C=O) groups is 3. The first kappa shape index (κ1) is 20.8. The van der Waals surface area contributed by atoms with Gasteiger partial charge in [0.25, 0.3) is 0 Å². The van der Waals surface area contributed by atoms with Crippen molar-refractivity contribution in [3.8, 4) is 0 Å². The zero-order valence-electron chi connectivity index (χ0n) is 18.0. The molecule has 0 spiro atoms. The second-order valence-corrected chi connectivity index (χ2v) is 10.4. The highest BCUT2D eigenvalue weighted by Crippen LogP contribution is 2.67. The molecular formula is C23H34O6. The molecule has 1 N–H and O–H groups in total. The molecule has 0 aromatic carbocycles. The van der Waals surface area contributed by atoms with Crippen LogP contribution in [0.4, 0.5) is 0 Å². The molecule has 162 valence electrons. The summed E-state index contributed by atoms with van der Waals surface area (Å²) in [5, 5.41) is 11.4. The van der Waals surface area contributed by atoms with Gasteiger partial charge in [-0.05, 0) is 56.3 Å². The highest BCUT2D eigenvalue weighted by Gasteiger charge is 2.69. The second kappa shape index (κ2) is 6.79. The first-order valence-corrected chi connectivity index (χ1v) is 11.1. The number of fused-ring (bicyclic) bond motifs is 5. The Kier molecular flexibility index (Phi) is 4.88. The van der Waals surface area contributed by atoms with E-state index in [1.54, 1.807) is 0 Å². The van der Waals surface area contributed by atoms with Crippen LogP contribution in [0, 0.1) is 28.6 Å². The van der Waals surface area contributed by atoms with Gasteiger partial charge in [-0.1, -0.05) is 13.8 Å². The van der Waals surface area contributed by atoms with Crippen molar-refractivity contribution in [3.05, 3.63) is 0 Å². The van der Waals surface area contributed by atoms with Gasteiger partial charge >= 0.3 is 11.9 Å². The number of rotatable bonds is 2. The summed E-state index contributed by atoms with van der Waals surface area (Å²) in [5.41, 5.74) is -1.72. The van der Waals surface area contributed by atoms with Gasteiger partial charge in [0.1, 0.15) is 17.5 Å². The Labute approximate surface area is 172 Å². The highest BCUT2D eigenvalue weighted by atomic mass is 16.6. The molecule has 4 aliphatic rings. The van der Waals surface area contributed by atoms with Gasteiger partial charge in [0.15, 0.2) is 0 Å². The van der Waals surface area contributed by atoms with Crippen LogP contribution >= 0.6 is 0 Å². The molecule has 0 bridgehead atoms. The van der Waals surface area contributed by atoms with Crippen LogP contribution in [-0.2, 0) is 23.9 Å². The molecule has 4 saturated carbocycles. The molecule has 29 heavy (non-hydrogen) atoms. The third kappa shape index (κ3) is 2.88. The molecule has 6 nitrogen and oxygen atoms in total. The number of Topliss-reactive ketones (excluding diaryl/α,β-unsaturated/α-hetero) is 1. The predicted molar refractivity (Wildman–Crippen MR) is 105 cm³/mol. The van der Waals surface area contributed by atoms with Crippen molar-refractivity contribution < 1.29 is 29.0 Å². The zero-order valence-corrected chi connectivity index (χ0v) is 18.0. The quantitative estimate of drug-likeness (QED) is 0.709. The number of hydrogen-bond donors (Lipinski definition) is 1. The maximum absolute atomic E-state index is 12.6. The van der Waals surface area contributed by atoms with Crippen molar-refractivity contribution in [2.24, 2.45) is 28.6 Å². The molecule has 0 aliphatic heterocycles. The number of hydrogen-bond acceptors (Lipinski definition) is 6. The van der Waals surface area contributed by atoms with E-state index in [1.165, 1.54) is 13.8 Å². The summed E-state index contributed by atoms with van der Waals surface area (Å²) in [6.45, 7) is 7.04. The Hall–Kier alpha value is -1.43. The van der Waals surface area contributed by atoms with Crippen LogP contribution in [0.15, 0.2) is 0 Å². The summed E-state index contributed by atoms with van der Waals surface area (Å²) in [7, 11) is 0. The zero-order chi connectivity index (χ0) is 21.2. The van der Waals surface area contributed by atoms with Crippen molar-refractivity contribution in [2.45, 2.75) is 96.9 Å². The smallest absolute Gasteiger partial charge is 0.303 e. The first-order valence-electron chi connectivity index (χ1n) is 11.1. The monoisotopic (exact) mass is 406 g/mol. The lowest BCUT2D eigenvalue weighted by Gasteiger charge is -2.65. The van der Waals surface area contributed by atoms with Gasteiger partial charge in [0.05, 0.1) is 6.10 Å². The Morgan fingerprint density at radius 1 is 1.03 bits per heavy atom. The molecule has 4 aliphatic carbocycles. The number of ether oxygens (including phenoxy) is 2. The standard InChI is InChI=1S/C23H34O6/c1-13(24)28-15-7-10-22(4)18-8-9-21(3)17(5-6-19(21)26)16(18)11-20(27)23(22,12-15)29-14(2)25/h15-18,20,27H,5-12H2,1-4H3/t15-,16+,17+,18+,20-,21+,22-,23+/m1/s1. The molecule has 0 amide bonds. The van der Waals surface area contributed by atoms with E-state index in [0.29, 0.717) is 37.4 Å². The molecule has 4 fully saturated rings. The van der Waals surface area contributed by atoms with Crippen LogP contribution < -0.4 is 0 Å². The summed E-state index contributed by atoms with van der Waals surface area (Å²) in [6, 6.07) is 0. The lowest BCUT2D eigenvalue weighted by atomic mass is 9.43. The van der Waals surface area contributed by atoms with Gasteiger partial charge in [0, 0.05) is 37.5 Å². The van der Waals surface area contributed by atoms with Crippen molar-refractivity contribution in [1.29, 1.82) is 0 Å². The van der Waals surface area contributed by atoms with Gasteiger partial charge in [-0.25, -0.2) is 0 Å². The molecule has 8 atom stereocenters. The predicted octanol–water partition coefficient (Wildman–Crippen LogP) is 3.19. The highest BCUT2D eigenvalue weighted by molar-refractivity contribution is 5.87. The van der Waals surface area contributed by atoms with E-state index in [2.05, 4.69) is 13.8 Å². The summed E-state index contributed by atoms with van der Waals surface area (Å²) >= 11 is 0. The molecule has 0 saturated heterocycles. The number of ketones is 1. The minimum atomic E-state index is -1.05. The van der Waals surface area contributed by atoms with Crippen LogP contribution in [0.5, 0.6) is 0 Å². The average Bonchev–Trinajstić information content (AvgIpc) is 2.92. The van der Waals surface area contributed by atoms with Crippen LogP contribution in [-0.4, -0.2) is 40.6 Å². The van der Waals surface area contributed by atoms with E-state index in [9.17, 15) is 19.5 Å². The Morgan fingerprint density at radius 2 is 1.76 bits per heavy atom. The maximum atomic E-state index is 12.6. The number of esters is 2. The Morgan fingerprint density at radius 3 is 2.41 bits per heavy atom. The minimum Gasteiger partial charge on any atom is -0.462 e. The van der Waals surface area contributed by atoms with Gasteiger partial charge in [-0.15, -0.1) is 0 Å². The molecule has 0 aromatic heterocycles. The van der Waals surface area contributed by atoms with Crippen molar-refractivity contribution >= 4 is 17.7 Å². The van der Waals surface area contributed by atoms with E-state index >= 15 is 0 Å². The molecular weight excluding hydrogens is 372 g/mol. The topological polar surface area (TPSA) is 89.9 Å². The summed E-state index contributed by atoms with van der Waals surface area (Å²) in [6.07, 6.45) is 4.45. The van der Waals surface area contributed by atoms with E-state index in [-0.39, 0.29) is 29.3 Å². The van der Waals surface area contributed by atoms with Gasteiger partial charge in [0.2, 0.25) is 0 Å². The van der Waals surface area contributed by atoms with E-state index < -0.39 is 23.1 Å². The molecule has 0 heterocycles. The minimum absolute atomic E-state index is 0.258. The van der Waals surface area contributed by atoms with E-state index in [1.807, 2.05) is 0 Å². The third-order valence-electron chi connectivity index (χ3n) is 9.14. The Bertz CT molecular complexity index is 733. The lowest BCUT2D eigenvalue weighted by Crippen LogP contribution is -2.70. The average molecular weight is 407 g/mol. The van der Waals surface area contributed by atoms with Crippen molar-refractivity contribution in [3.63, 3.8) is 0 Å². The summed E-state index contributed by atoms with van der Waals surface area (Å²) in [4.78, 5) is 36.3. The number of carbonyl (C=O) groups excluding carboxylic acids is 3.